The van der Waals surface area contributed by atoms with Crippen LogP contribution < -0.4 is 0 Å². The van der Waals surface area contributed by atoms with E-state index in [1.165, 1.54) is 0 Å². The van der Waals surface area contributed by atoms with Crippen molar-refractivity contribution in [2.24, 2.45) is 0 Å². The Morgan fingerprint density at radius 2 is 1.50 bits per heavy atom. The first-order valence-electron chi connectivity index (χ1n) is 6.28. The minimum absolute atomic E-state index is 0.125. The SMILES string of the molecule is C=CCC(C(=O)c1ccc(Br)cc1)c1ccc(Br)cc1. The van der Waals surface area contributed by atoms with Crippen LogP contribution in [0.15, 0.2) is 70.1 Å². The number of halogens is 2. The summed E-state index contributed by atoms with van der Waals surface area (Å²) in [6.07, 6.45) is 2.43. The molecule has 0 spiro atoms. The smallest absolute Gasteiger partial charge is 0.170 e. The fraction of sp³-hybridized carbons (Fsp3) is 0.118. The molecule has 20 heavy (non-hydrogen) atoms. The van der Waals surface area contributed by atoms with Crippen LogP contribution in [-0.4, -0.2) is 5.78 Å². The zero-order valence-corrected chi connectivity index (χ0v) is 14.0. The molecule has 0 aliphatic carbocycles. The highest BCUT2D eigenvalue weighted by Gasteiger charge is 2.20. The Balaban J connectivity index is 2.32. The molecular formula is C17H14Br2O. The predicted octanol–water partition coefficient (Wildman–Crippen LogP) is 5.75. The number of hydrogen-bond acceptors (Lipinski definition) is 1. The van der Waals surface area contributed by atoms with Gasteiger partial charge in [0.15, 0.2) is 5.78 Å². The molecule has 1 unspecified atom stereocenters. The molecule has 102 valence electrons. The number of rotatable bonds is 5. The van der Waals surface area contributed by atoms with Crippen molar-refractivity contribution in [1.82, 2.24) is 0 Å². The topological polar surface area (TPSA) is 17.1 Å². The summed E-state index contributed by atoms with van der Waals surface area (Å²) >= 11 is 6.80. The summed E-state index contributed by atoms with van der Waals surface area (Å²) in [5.41, 5.74) is 1.74. The average molecular weight is 394 g/mol. The lowest BCUT2D eigenvalue weighted by molar-refractivity contribution is 0.0960. The fourth-order valence-corrected chi connectivity index (χ4v) is 2.60. The molecule has 0 amide bonds. The van der Waals surface area contributed by atoms with Gasteiger partial charge in [0.2, 0.25) is 0 Å². The molecule has 2 rings (SSSR count). The van der Waals surface area contributed by atoms with Gasteiger partial charge in [-0.1, -0.05) is 62.2 Å². The van der Waals surface area contributed by atoms with E-state index in [0.29, 0.717) is 6.42 Å². The summed E-state index contributed by atoms with van der Waals surface area (Å²) in [7, 11) is 0. The van der Waals surface area contributed by atoms with Gasteiger partial charge in [0.1, 0.15) is 0 Å². The molecule has 0 aromatic heterocycles. The van der Waals surface area contributed by atoms with Crippen LogP contribution in [0.25, 0.3) is 0 Å². The van der Waals surface area contributed by atoms with Crippen LogP contribution in [-0.2, 0) is 0 Å². The lowest BCUT2D eigenvalue weighted by Crippen LogP contribution is -2.12. The van der Waals surface area contributed by atoms with Crippen LogP contribution >= 0.6 is 31.9 Å². The second-order valence-corrected chi connectivity index (χ2v) is 6.33. The van der Waals surface area contributed by atoms with Crippen LogP contribution in [0, 0.1) is 0 Å². The van der Waals surface area contributed by atoms with Gasteiger partial charge in [-0.25, -0.2) is 0 Å². The third-order valence-electron chi connectivity index (χ3n) is 3.12. The molecule has 0 aliphatic rings. The zero-order chi connectivity index (χ0) is 14.5. The van der Waals surface area contributed by atoms with Gasteiger partial charge in [-0.3, -0.25) is 4.79 Å². The van der Waals surface area contributed by atoms with Crippen LogP contribution in [0.3, 0.4) is 0 Å². The van der Waals surface area contributed by atoms with Crippen molar-refractivity contribution in [3.05, 3.63) is 81.3 Å². The molecule has 1 nitrogen and oxygen atoms in total. The highest BCUT2D eigenvalue weighted by molar-refractivity contribution is 9.10. The van der Waals surface area contributed by atoms with Crippen molar-refractivity contribution < 1.29 is 4.79 Å². The quantitative estimate of drug-likeness (QED) is 0.466. The maximum Gasteiger partial charge on any atom is 0.170 e. The lowest BCUT2D eigenvalue weighted by atomic mass is 9.88. The summed E-state index contributed by atoms with van der Waals surface area (Å²) < 4.78 is 1.98. The summed E-state index contributed by atoms with van der Waals surface area (Å²) in [5, 5.41) is 0. The van der Waals surface area contributed by atoms with Crippen molar-refractivity contribution in [2.75, 3.05) is 0 Å². The van der Waals surface area contributed by atoms with Crippen molar-refractivity contribution in [3.63, 3.8) is 0 Å². The number of carbonyl (C=O) groups excluding carboxylic acids is 1. The monoisotopic (exact) mass is 392 g/mol. The Bertz CT molecular complexity index is 600. The molecule has 0 saturated heterocycles. The van der Waals surface area contributed by atoms with Gasteiger partial charge in [-0.15, -0.1) is 6.58 Å². The standard InChI is InChI=1S/C17H14Br2O/c1-2-3-16(12-4-8-14(18)9-5-12)17(20)13-6-10-15(19)11-7-13/h2,4-11,16H,1,3H2. The molecular weight excluding hydrogens is 380 g/mol. The first kappa shape index (κ1) is 15.2. The second kappa shape index (κ2) is 7.00. The molecule has 3 heteroatoms. The number of carbonyl (C=O) groups is 1. The first-order valence-corrected chi connectivity index (χ1v) is 7.86. The maximum absolute atomic E-state index is 12.7. The van der Waals surface area contributed by atoms with Gasteiger partial charge in [0, 0.05) is 14.5 Å². The van der Waals surface area contributed by atoms with Crippen LogP contribution in [0.2, 0.25) is 0 Å². The molecule has 2 aromatic rings. The van der Waals surface area contributed by atoms with Crippen LogP contribution in [0.1, 0.15) is 28.3 Å². The average Bonchev–Trinajstić information content (AvgIpc) is 2.46. The minimum Gasteiger partial charge on any atom is -0.293 e. The fourth-order valence-electron chi connectivity index (χ4n) is 2.07. The Hall–Kier alpha value is -1.19. The Kier molecular flexibility index (Phi) is 5.32. The van der Waals surface area contributed by atoms with E-state index in [1.807, 2.05) is 48.5 Å². The van der Waals surface area contributed by atoms with E-state index < -0.39 is 0 Å². The zero-order valence-electron chi connectivity index (χ0n) is 10.9. The van der Waals surface area contributed by atoms with E-state index in [0.717, 1.165) is 20.1 Å². The number of ketones is 1. The van der Waals surface area contributed by atoms with E-state index in [1.54, 1.807) is 6.08 Å². The highest BCUT2D eigenvalue weighted by atomic mass is 79.9. The molecule has 0 fully saturated rings. The number of hydrogen-bond donors (Lipinski definition) is 0. The van der Waals surface area contributed by atoms with Crippen molar-refractivity contribution in [2.45, 2.75) is 12.3 Å². The van der Waals surface area contributed by atoms with Crippen LogP contribution in [0.5, 0.6) is 0 Å². The minimum atomic E-state index is -0.179. The van der Waals surface area contributed by atoms with Gasteiger partial charge >= 0.3 is 0 Å². The van der Waals surface area contributed by atoms with Crippen molar-refractivity contribution in [3.8, 4) is 0 Å². The maximum atomic E-state index is 12.7. The van der Waals surface area contributed by atoms with E-state index in [4.69, 9.17) is 0 Å². The van der Waals surface area contributed by atoms with E-state index in [2.05, 4.69) is 38.4 Å². The third kappa shape index (κ3) is 3.68. The summed E-state index contributed by atoms with van der Waals surface area (Å²) in [5.74, 6) is -0.0542. The van der Waals surface area contributed by atoms with Crippen molar-refractivity contribution in [1.29, 1.82) is 0 Å². The largest absolute Gasteiger partial charge is 0.293 e. The molecule has 0 saturated carbocycles. The van der Waals surface area contributed by atoms with Gasteiger partial charge in [0.05, 0.1) is 5.92 Å². The highest BCUT2D eigenvalue weighted by Crippen LogP contribution is 2.26. The van der Waals surface area contributed by atoms with Gasteiger partial charge in [-0.2, -0.15) is 0 Å². The molecule has 0 heterocycles. The number of Topliss-reactive ketones (excluding diaryl/α,β-unsaturated/α-hetero) is 1. The van der Waals surface area contributed by atoms with Crippen molar-refractivity contribution >= 4 is 37.6 Å². The van der Waals surface area contributed by atoms with Gasteiger partial charge in [0.25, 0.3) is 0 Å². The Morgan fingerprint density at radius 3 is 2.00 bits per heavy atom. The van der Waals surface area contributed by atoms with E-state index in [9.17, 15) is 4.79 Å². The molecule has 0 aliphatic heterocycles. The Labute approximate surface area is 136 Å². The third-order valence-corrected chi connectivity index (χ3v) is 4.18. The number of allylic oxidation sites excluding steroid dienone is 1. The summed E-state index contributed by atoms with van der Waals surface area (Å²) in [6.45, 7) is 3.76. The van der Waals surface area contributed by atoms with Crippen LogP contribution in [0.4, 0.5) is 0 Å². The number of benzene rings is 2. The lowest BCUT2D eigenvalue weighted by Gasteiger charge is -2.15. The van der Waals surface area contributed by atoms with Gasteiger partial charge in [-0.05, 0) is 36.2 Å². The normalized spacial score (nSPS) is 11.9. The predicted molar refractivity (Wildman–Crippen MR) is 90.2 cm³/mol. The van der Waals surface area contributed by atoms with Gasteiger partial charge < -0.3 is 0 Å². The molecule has 2 aromatic carbocycles. The van der Waals surface area contributed by atoms with E-state index in [-0.39, 0.29) is 11.7 Å². The molecule has 0 N–H and O–H groups in total. The first-order chi connectivity index (χ1) is 9.61. The molecule has 1 atom stereocenters. The summed E-state index contributed by atoms with van der Waals surface area (Å²) in [6, 6.07) is 15.4. The molecule has 0 bridgehead atoms. The molecule has 0 radical (unpaired) electrons. The van der Waals surface area contributed by atoms with E-state index >= 15 is 0 Å². The Morgan fingerprint density at radius 1 is 1.00 bits per heavy atom. The second-order valence-electron chi connectivity index (χ2n) is 4.50. The summed E-state index contributed by atoms with van der Waals surface area (Å²) in [4.78, 5) is 12.7.